The first kappa shape index (κ1) is 22.2. The summed E-state index contributed by atoms with van der Waals surface area (Å²) in [6, 6.07) is 7.70. The van der Waals surface area contributed by atoms with Crippen LogP contribution in [-0.2, 0) is 30.2 Å². The van der Waals surface area contributed by atoms with Crippen molar-refractivity contribution in [2.75, 3.05) is 13.7 Å². The minimum atomic E-state index is -2.01. The van der Waals surface area contributed by atoms with Gasteiger partial charge < -0.3 is 40.0 Å². The molecule has 10 heteroatoms. The summed E-state index contributed by atoms with van der Waals surface area (Å²) in [4.78, 5) is 23.2. The van der Waals surface area contributed by atoms with Crippen LogP contribution in [0.5, 0.6) is 0 Å². The minimum Gasteiger partial charge on any atom is -0.410 e. The van der Waals surface area contributed by atoms with Gasteiger partial charge >= 0.3 is 5.97 Å². The van der Waals surface area contributed by atoms with Crippen molar-refractivity contribution in [1.82, 2.24) is 5.32 Å². The van der Waals surface area contributed by atoms with Crippen molar-refractivity contribution in [2.45, 2.75) is 49.3 Å². The van der Waals surface area contributed by atoms with Gasteiger partial charge in [-0.1, -0.05) is 30.3 Å². The Morgan fingerprint density at radius 3 is 2.64 bits per heavy atom. The monoisotopic (exact) mass is 399 g/mol. The number of aliphatic hydroxyl groups excluding tert-OH is 4. The number of methoxy groups -OCH3 is 1. The second-order valence-corrected chi connectivity index (χ2v) is 6.45. The predicted octanol–water partition coefficient (Wildman–Crippen LogP) is -1.95. The van der Waals surface area contributed by atoms with Gasteiger partial charge in [-0.05, 0) is 5.56 Å². The van der Waals surface area contributed by atoms with E-state index in [0.717, 1.165) is 12.7 Å². The van der Waals surface area contributed by atoms with E-state index in [1.54, 1.807) is 30.3 Å². The number of hydrogen-bond acceptors (Lipinski definition) is 9. The third kappa shape index (κ3) is 5.25. The Labute approximate surface area is 161 Å². The van der Waals surface area contributed by atoms with E-state index < -0.39 is 48.9 Å². The second kappa shape index (κ2) is 9.92. The van der Waals surface area contributed by atoms with Gasteiger partial charge in [-0.3, -0.25) is 9.59 Å². The van der Waals surface area contributed by atoms with Crippen LogP contribution in [-0.4, -0.2) is 83.0 Å². The molecule has 1 aliphatic heterocycles. The van der Waals surface area contributed by atoms with Crippen molar-refractivity contribution >= 4 is 12.4 Å². The highest BCUT2D eigenvalue weighted by Gasteiger charge is 2.53. The average Bonchev–Trinajstić information content (AvgIpc) is 2.69. The van der Waals surface area contributed by atoms with Crippen LogP contribution in [0.1, 0.15) is 12.0 Å². The van der Waals surface area contributed by atoms with E-state index in [9.17, 15) is 24.9 Å². The van der Waals surface area contributed by atoms with Crippen LogP contribution in [0.2, 0.25) is 0 Å². The molecule has 0 radical (unpaired) electrons. The van der Waals surface area contributed by atoms with Gasteiger partial charge in [0.2, 0.25) is 5.91 Å². The maximum Gasteiger partial charge on any atom is 0.331 e. The summed E-state index contributed by atoms with van der Waals surface area (Å²) in [6.45, 7) is -0.743. The fourth-order valence-electron chi connectivity index (χ4n) is 3.07. The molecular weight excluding hydrogens is 374 g/mol. The zero-order valence-corrected chi connectivity index (χ0v) is 15.3. The number of hydrogen-bond donors (Lipinski definition) is 5. The Hall–Kier alpha value is -2.08. The quantitative estimate of drug-likeness (QED) is 0.235. The first-order valence-corrected chi connectivity index (χ1v) is 8.68. The smallest absolute Gasteiger partial charge is 0.331 e. The van der Waals surface area contributed by atoms with Crippen molar-refractivity contribution < 1.29 is 44.2 Å². The lowest BCUT2D eigenvalue weighted by Crippen LogP contribution is -2.66. The Bertz CT molecular complexity index is 643. The van der Waals surface area contributed by atoms with E-state index in [1.165, 1.54) is 0 Å². The maximum absolute atomic E-state index is 12.4. The molecule has 1 aromatic carbocycles. The number of ether oxygens (including phenoxy) is 3. The number of amides is 1. The molecule has 10 nitrogen and oxygen atoms in total. The van der Waals surface area contributed by atoms with Crippen molar-refractivity contribution in [1.29, 1.82) is 0 Å². The van der Waals surface area contributed by atoms with Gasteiger partial charge in [0.1, 0.15) is 18.3 Å². The van der Waals surface area contributed by atoms with Crippen molar-refractivity contribution in [3.8, 4) is 0 Å². The lowest BCUT2D eigenvalue weighted by atomic mass is 9.91. The maximum atomic E-state index is 12.4. The number of carbonyl (C=O) groups excluding carboxylic acids is 2. The highest BCUT2D eigenvalue weighted by molar-refractivity contribution is 5.79. The number of rotatable bonds is 9. The fraction of sp³-hybridized carbons (Fsp3) is 0.556. The second-order valence-electron chi connectivity index (χ2n) is 6.45. The van der Waals surface area contributed by atoms with E-state index in [4.69, 9.17) is 19.3 Å². The molecule has 0 bridgehead atoms. The molecule has 2 rings (SSSR count). The first-order chi connectivity index (χ1) is 13.4. The molecule has 1 heterocycles. The van der Waals surface area contributed by atoms with E-state index in [1.807, 2.05) is 0 Å². The van der Waals surface area contributed by atoms with E-state index in [-0.39, 0.29) is 19.3 Å². The van der Waals surface area contributed by atoms with Crippen molar-refractivity contribution in [2.24, 2.45) is 0 Å². The number of carbonyl (C=O) groups is 2. The molecule has 5 N–H and O–H groups in total. The molecule has 1 aromatic rings. The summed E-state index contributed by atoms with van der Waals surface area (Å²) in [5.41, 5.74) is 0.731. The Morgan fingerprint density at radius 2 is 2.07 bits per heavy atom. The molecule has 1 aliphatic rings. The Balaban J connectivity index is 2.21. The summed E-state index contributed by atoms with van der Waals surface area (Å²) in [5, 5.41) is 42.3. The van der Waals surface area contributed by atoms with Gasteiger partial charge in [0, 0.05) is 7.11 Å². The molecule has 0 spiro atoms. The Morgan fingerprint density at radius 1 is 1.39 bits per heavy atom. The number of aliphatic hydroxyl groups is 4. The van der Waals surface area contributed by atoms with Crippen molar-refractivity contribution in [3.63, 3.8) is 0 Å². The normalized spacial score (nSPS) is 29.5. The highest BCUT2D eigenvalue weighted by Crippen LogP contribution is 2.33. The number of nitrogens with one attached hydrogen (secondary N) is 1. The van der Waals surface area contributed by atoms with Gasteiger partial charge in [0.15, 0.2) is 0 Å². The van der Waals surface area contributed by atoms with E-state index in [2.05, 4.69) is 5.32 Å². The topological polar surface area (TPSA) is 155 Å². The lowest BCUT2D eigenvalue weighted by molar-refractivity contribution is -0.402. The summed E-state index contributed by atoms with van der Waals surface area (Å²) >= 11 is 0. The zero-order valence-electron chi connectivity index (χ0n) is 15.3. The van der Waals surface area contributed by atoms with Crippen LogP contribution in [0.15, 0.2) is 30.3 Å². The van der Waals surface area contributed by atoms with Crippen molar-refractivity contribution in [3.05, 3.63) is 35.9 Å². The summed E-state index contributed by atoms with van der Waals surface area (Å²) in [5.74, 6) is -2.47. The minimum absolute atomic E-state index is 0.00961. The van der Waals surface area contributed by atoms with Gasteiger partial charge in [-0.2, -0.15) is 0 Å². The van der Waals surface area contributed by atoms with Crippen LogP contribution in [0.4, 0.5) is 0 Å². The van der Waals surface area contributed by atoms with Crippen LogP contribution in [0, 0.1) is 0 Å². The molecule has 0 saturated carbocycles. The molecule has 1 unspecified atom stereocenters. The van der Waals surface area contributed by atoms with E-state index >= 15 is 0 Å². The van der Waals surface area contributed by atoms with Crippen LogP contribution < -0.4 is 5.32 Å². The largest absolute Gasteiger partial charge is 0.410 e. The van der Waals surface area contributed by atoms with E-state index in [0.29, 0.717) is 0 Å². The van der Waals surface area contributed by atoms with Crippen LogP contribution >= 0.6 is 0 Å². The highest BCUT2D eigenvalue weighted by atomic mass is 16.9. The van der Waals surface area contributed by atoms with Gasteiger partial charge in [0.25, 0.3) is 6.47 Å². The third-order valence-electron chi connectivity index (χ3n) is 4.53. The summed E-state index contributed by atoms with van der Waals surface area (Å²) in [6.07, 6.45) is -6.47. The standard InChI is InChI=1S/C18H25NO9/c1-26-18(27-10-21)8-12(22)15(17(28-18)16(25)13(23)9-20)19-14(24)7-11-5-3-2-4-6-11/h2-6,10,12-13,15-17,20,22-23,25H,7-9H2,1H3,(H,19,24)/t12-,13-,15-,16-,17?,18+/m1/s1. The van der Waals surface area contributed by atoms with Gasteiger partial charge in [-0.15, -0.1) is 0 Å². The zero-order chi connectivity index (χ0) is 20.7. The fourth-order valence-corrected chi connectivity index (χ4v) is 3.07. The molecular formula is C18H25NO9. The molecule has 1 saturated heterocycles. The molecule has 0 aromatic heterocycles. The van der Waals surface area contributed by atoms with Gasteiger partial charge in [0.05, 0.1) is 31.6 Å². The predicted molar refractivity (Wildman–Crippen MR) is 93.6 cm³/mol. The van der Waals surface area contributed by atoms with Gasteiger partial charge in [-0.25, -0.2) is 0 Å². The lowest BCUT2D eigenvalue weighted by Gasteiger charge is -2.46. The summed E-state index contributed by atoms with van der Waals surface area (Å²) in [7, 11) is 1.16. The molecule has 1 fully saturated rings. The molecule has 1 amide bonds. The third-order valence-corrected chi connectivity index (χ3v) is 4.53. The summed E-state index contributed by atoms with van der Waals surface area (Å²) < 4.78 is 15.3. The van der Waals surface area contributed by atoms with Crippen LogP contribution in [0.25, 0.3) is 0 Å². The van der Waals surface area contributed by atoms with Crippen LogP contribution in [0.3, 0.4) is 0 Å². The molecule has 156 valence electrons. The molecule has 6 atom stereocenters. The number of benzene rings is 1. The average molecular weight is 399 g/mol. The molecule has 0 aliphatic carbocycles. The SMILES string of the molecule is CO[C@]1(OC=O)C[C@@H](O)[C@@H](NC(=O)Cc2ccccc2)C([C@H](O)[C@H](O)CO)O1. The first-order valence-electron chi connectivity index (χ1n) is 8.68. The molecule has 28 heavy (non-hydrogen) atoms. The Kier molecular flexibility index (Phi) is 7.87.